The maximum Gasteiger partial charge on any atom is 0.336 e. The van der Waals surface area contributed by atoms with Crippen molar-refractivity contribution < 1.29 is 24.2 Å². The number of carbonyl (C=O) groups is 2. The molecule has 2 fully saturated rings. The van der Waals surface area contributed by atoms with Crippen LogP contribution in [0.4, 0.5) is 0 Å². The number of esters is 1. The van der Waals surface area contributed by atoms with Gasteiger partial charge in [0.1, 0.15) is 5.54 Å². The smallest absolute Gasteiger partial charge is 0.336 e. The zero-order valence-corrected chi connectivity index (χ0v) is 12.7. The lowest BCUT2D eigenvalue weighted by Crippen LogP contribution is -2.82. The van der Waals surface area contributed by atoms with E-state index in [1.807, 2.05) is 13.8 Å². The minimum atomic E-state index is -1.39. The molecule has 2 aliphatic rings. The molecule has 0 aromatic rings. The number of fused-ring (bicyclic) bond motifs is 1. The molecule has 1 heterocycles. The lowest BCUT2D eigenvalue weighted by atomic mass is 9.46. The van der Waals surface area contributed by atoms with Crippen molar-refractivity contribution in [3.8, 4) is 0 Å². The van der Waals surface area contributed by atoms with Crippen LogP contribution in [0.3, 0.4) is 0 Å². The maximum absolute atomic E-state index is 12.5. The highest BCUT2D eigenvalue weighted by atomic mass is 16.5. The lowest BCUT2D eigenvalue weighted by molar-refractivity contribution is -0.225. The topological polar surface area (TPSA) is 111 Å². The summed E-state index contributed by atoms with van der Waals surface area (Å²) >= 11 is 0. The number of amides is 1. The van der Waals surface area contributed by atoms with Gasteiger partial charge in [0.15, 0.2) is 6.10 Å². The minimum Gasteiger partial charge on any atom is -0.467 e. The molecule has 1 aliphatic carbocycles. The molecule has 0 aromatic heterocycles. The van der Waals surface area contributed by atoms with Crippen molar-refractivity contribution in [2.75, 3.05) is 20.3 Å². The monoisotopic (exact) mass is 300 g/mol. The first-order valence-electron chi connectivity index (χ1n) is 7.21. The number of rotatable bonds is 4. The molecule has 1 aliphatic heterocycles. The molecule has 7 nitrogen and oxygen atoms in total. The molecular formula is C14H24N2O5. The Morgan fingerprint density at radius 3 is 2.81 bits per heavy atom. The quantitative estimate of drug-likeness (QED) is 0.584. The van der Waals surface area contributed by atoms with E-state index in [1.165, 1.54) is 7.11 Å². The van der Waals surface area contributed by atoms with Crippen molar-refractivity contribution in [3.05, 3.63) is 0 Å². The molecule has 1 saturated heterocycles. The van der Waals surface area contributed by atoms with E-state index in [0.29, 0.717) is 6.61 Å². The number of hydrogen-bond acceptors (Lipinski definition) is 6. The molecule has 0 radical (unpaired) electrons. The molecular weight excluding hydrogens is 276 g/mol. The Bertz CT molecular complexity index is 439. The number of hydrogen-bond donors (Lipinski definition) is 3. The van der Waals surface area contributed by atoms with E-state index in [1.54, 1.807) is 0 Å². The van der Waals surface area contributed by atoms with Crippen molar-refractivity contribution in [2.45, 2.75) is 44.4 Å². The number of carbonyl (C=O) groups excluding carboxylic acids is 2. The van der Waals surface area contributed by atoms with Crippen molar-refractivity contribution in [1.82, 2.24) is 5.32 Å². The summed E-state index contributed by atoms with van der Waals surface area (Å²) in [6.45, 7) is 4.31. The van der Waals surface area contributed by atoms with E-state index >= 15 is 0 Å². The maximum atomic E-state index is 12.5. The summed E-state index contributed by atoms with van der Waals surface area (Å²) in [5, 5.41) is 12.1. The number of aliphatic hydroxyl groups excluding tert-OH is 1. The molecule has 2 rings (SSSR count). The number of nitrogens with two attached hydrogens (primary N) is 1. The van der Waals surface area contributed by atoms with Crippen LogP contribution in [0.2, 0.25) is 0 Å². The van der Waals surface area contributed by atoms with Gasteiger partial charge in [0.05, 0.1) is 19.8 Å². The van der Waals surface area contributed by atoms with Crippen LogP contribution in [0.5, 0.6) is 0 Å². The van der Waals surface area contributed by atoms with Gasteiger partial charge in [-0.2, -0.15) is 0 Å². The summed E-state index contributed by atoms with van der Waals surface area (Å²) in [4.78, 5) is 23.6. The van der Waals surface area contributed by atoms with Gasteiger partial charge in [-0.05, 0) is 12.8 Å². The van der Waals surface area contributed by atoms with Gasteiger partial charge in [0.2, 0.25) is 5.91 Å². The van der Waals surface area contributed by atoms with Crippen molar-refractivity contribution >= 4 is 11.9 Å². The molecule has 21 heavy (non-hydrogen) atoms. The van der Waals surface area contributed by atoms with E-state index in [-0.39, 0.29) is 24.5 Å². The number of ether oxygens (including phenoxy) is 2. The molecule has 120 valence electrons. The van der Waals surface area contributed by atoms with Crippen LogP contribution in [0, 0.1) is 11.3 Å². The predicted molar refractivity (Wildman–Crippen MR) is 74.2 cm³/mol. The normalized spacial score (nSPS) is 35.1. The van der Waals surface area contributed by atoms with Gasteiger partial charge >= 0.3 is 5.97 Å². The third-order valence-electron chi connectivity index (χ3n) is 4.99. The first-order chi connectivity index (χ1) is 9.76. The molecule has 0 spiro atoms. The fraction of sp³-hybridized carbons (Fsp3) is 0.857. The van der Waals surface area contributed by atoms with Crippen LogP contribution >= 0.6 is 0 Å². The molecule has 1 saturated carbocycles. The Morgan fingerprint density at radius 2 is 2.19 bits per heavy atom. The van der Waals surface area contributed by atoms with E-state index in [0.717, 1.165) is 12.8 Å². The number of aliphatic hydroxyl groups is 1. The highest BCUT2D eigenvalue weighted by molar-refractivity contribution is 5.90. The largest absolute Gasteiger partial charge is 0.467 e. The average Bonchev–Trinajstić information content (AvgIpc) is 2.50. The van der Waals surface area contributed by atoms with Gasteiger partial charge in [-0.15, -0.1) is 0 Å². The minimum absolute atomic E-state index is 0.0208. The Morgan fingerprint density at radius 1 is 1.52 bits per heavy atom. The number of nitrogens with one attached hydrogen (secondary N) is 1. The van der Waals surface area contributed by atoms with E-state index < -0.39 is 23.0 Å². The Labute approximate surface area is 124 Å². The highest BCUT2D eigenvalue weighted by Gasteiger charge is 2.70. The second-order valence-corrected chi connectivity index (χ2v) is 6.38. The van der Waals surface area contributed by atoms with Crippen LogP contribution in [0.25, 0.3) is 0 Å². The third kappa shape index (κ3) is 2.33. The second-order valence-electron chi connectivity index (χ2n) is 6.38. The van der Waals surface area contributed by atoms with Crippen molar-refractivity contribution in [2.24, 2.45) is 17.1 Å². The van der Waals surface area contributed by atoms with Gasteiger partial charge in [-0.1, -0.05) is 13.8 Å². The predicted octanol–water partition coefficient (Wildman–Crippen LogP) is -0.831. The molecule has 4 N–H and O–H groups in total. The van der Waals surface area contributed by atoms with Crippen LogP contribution in [-0.2, 0) is 19.1 Å². The van der Waals surface area contributed by atoms with Crippen molar-refractivity contribution in [3.63, 3.8) is 0 Å². The fourth-order valence-corrected chi connectivity index (χ4v) is 3.59. The van der Waals surface area contributed by atoms with Gasteiger partial charge in [0, 0.05) is 17.9 Å². The van der Waals surface area contributed by atoms with Crippen LogP contribution < -0.4 is 11.1 Å². The molecule has 4 atom stereocenters. The van der Waals surface area contributed by atoms with Gasteiger partial charge in [0.25, 0.3) is 0 Å². The van der Waals surface area contributed by atoms with Crippen LogP contribution in [-0.4, -0.2) is 55.0 Å². The van der Waals surface area contributed by atoms with E-state index in [9.17, 15) is 14.7 Å². The summed E-state index contributed by atoms with van der Waals surface area (Å²) < 4.78 is 10.1. The standard InChI is InChI=1S/C14H24N2O5/c1-13(2)10-8(5-4-6-21-10)14(13,15)12(19)16-7-9(17)11(18)20-3/h8-10,17H,4-7,15H2,1-3H3,(H,16,19). The van der Waals surface area contributed by atoms with E-state index in [2.05, 4.69) is 10.1 Å². The molecule has 1 amide bonds. The van der Waals surface area contributed by atoms with Gasteiger partial charge in [-0.3, -0.25) is 4.79 Å². The average molecular weight is 300 g/mol. The molecule has 4 unspecified atom stereocenters. The van der Waals surface area contributed by atoms with Crippen LogP contribution in [0.1, 0.15) is 26.7 Å². The number of methoxy groups -OCH3 is 1. The van der Waals surface area contributed by atoms with Crippen molar-refractivity contribution in [1.29, 1.82) is 0 Å². The third-order valence-corrected chi connectivity index (χ3v) is 4.99. The SMILES string of the molecule is COC(=O)C(O)CNC(=O)C1(N)C2CCCOC2C1(C)C. The zero-order chi connectivity index (χ0) is 15.8. The van der Waals surface area contributed by atoms with Gasteiger partial charge in [-0.25, -0.2) is 4.79 Å². The fourth-order valence-electron chi connectivity index (χ4n) is 3.59. The second kappa shape index (κ2) is 5.55. The lowest BCUT2D eigenvalue weighted by Gasteiger charge is -2.65. The van der Waals surface area contributed by atoms with E-state index in [4.69, 9.17) is 10.5 Å². The Balaban J connectivity index is 2.02. The summed E-state index contributed by atoms with van der Waals surface area (Å²) in [7, 11) is 1.18. The summed E-state index contributed by atoms with van der Waals surface area (Å²) in [6, 6.07) is 0. The van der Waals surface area contributed by atoms with Crippen LogP contribution in [0.15, 0.2) is 0 Å². The zero-order valence-electron chi connectivity index (χ0n) is 12.7. The summed E-state index contributed by atoms with van der Waals surface area (Å²) in [5.74, 6) is -1.17. The Hall–Kier alpha value is -1.18. The molecule has 0 aromatic carbocycles. The first-order valence-corrected chi connectivity index (χ1v) is 7.21. The molecule has 7 heteroatoms. The Kier molecular flexibility index (Phi) is 4.28. The van der Waals surface area contributed by atoms with Gasteiger partial charge < -0.3 is 25.6 Å². The highest BCUT2D eigenvalue weighted by Crippen LogP contribution is 2.57. The first kappa shape index (κ1) is 16.2. The summed E-state index contributed by atoms with van der Waals surface area (Å²) in [6.07, 6.45) is 0.322. The summed E-state index contributed by atoms with van der Waals surface area (Å²) in [5.41, 5.74) is 4.85. The molecule has 0 bridgehead atoms.